The van der Waals surface area contributed by atoms with Gasteiger partial charge in [0.2, 0.25) is 0 Å². The van der Waals surface area contributed by atoms with Crippen LogP contribution in [0.25, 0.3) is 12.2 Å². The Hall–Kier alpha value is -2.36. The van der Waals surface area contributed by atoms with Gasteiger partial charge < -0.3 is 19.8 Å². The minimum Gasteiger partial charge on any atom is -0.545 e. The van der Waals surface area contributed by atoms with Crippen LogP contribution in [0, 0.1) is 13.8 Å². The van der Waals surface area contributed by atoms with E-state index in [1.807, 2.05) is 13.8 Å². The molecule has 0 unspecified atom stereocenters. The summed E-state index contributed by atoms with van der Waals surface area (Å²) in [7, 11) is 0. The minimum absolute atomic E-state index is 0.752. The molecule has 0 N–H and O–H groups in total. The fraction of sp³-hybridized carbons (Fsp3) is 0.143. The zero-order valence-corrected chi connectivity index (χ0v) is 10.1. The van der Waals surface area contributed by atoms with Crippen LogP contribution in [0.3, 0.4) is 0 Å². The second-order valence-electron chi connectivity index (χ2n) is 3.80. The van der Waals surface area contributed by atoms with Crippen LogP contribution in [0.1, 0.15) is 22.3 Å². The Morgan fingerprint density at radius 1 is 0.889 bits per heavy atom. The van der Waals surface area contributed by atoms with Crippen molar-refractivity contribution in [1.29, 1.82) is 0 Å². The van der Waals surface area contributed by atoms with Crippen LogP contribution in [0.4, 0.5) is 0 Å². The highest BCUT2D eigenvalue weighted by Crippen LogP contribution is 2.20. The largest absolute Gasteiger partial charge is 0.545 e. The molecule has 0 aliphatic heterocycles. The summed E-state index contributed by atoms with van der Waals surface area (Å²) >= 11 is 0. The predicted octanol–water partition coefficient (Wildman–Crippen LogP) is -0.170. The van der Waals surface area contributed by atoms with Gasteiger partial charge in [-0.25, -0.2) is 0 Å². The molecule has 0 saturated heterocycles. The van der Waals surface area contributed by atoms with E-state index in [0.717, 1.165) is 34.4 Å². The van der Waals surface area contributed by atoms with E-state index in [2.05, 4.69) is 0 Å². The number of rotatable bonds is 4. The first kappa shape index (κ1) is 13.7. The Balaban J connectivity index is 3.13. The molecule has 0 bridgehead atoms. The Morgan fingerprint density at radius 3 is 1.50 bits per heavy atom. The maximum absolute atomic E-state index is 10.3. The van der Waals surface area contributed by atoms with E-state index in [1.54, 1.807) is 12.1 Å². The van der Waals surface area contributed by atoms with E-state index in [9.17, 15) is 19.8 Å². The van der Waals surface area contributed by atoms with Crippen molar-refractivity contribution in [3.05, 3.63) is 46.5 Å². The molecule has 1 rings (SSSR count). The number of carbonyl (C=O) groups is 2. The average Bonchev–Trinajstić information content (AvgIpc) is 2.29. The Labute approximate surface area is 105 Å². The first-order valence-electron chi connectivity index (χ1n) is 5.30. The highest BCUT2D eigenvalue weighted by atomic mass is 16.4. The molecule has 0 aliphatic rings. The highest BCUT2D eigenvalue weighted by Gasteiger charge is 2.02. The molecule has 1 aromatic carbocycles. The third-order valence-electron chi connectivity index (χ3n) is 2.67. The van der Waals surface area contributed by atoms with Crippen molar-refractivity contribution in [2.24, 2.45) is 0 Å². The second-order valence-corrected chi connectivity index (χ2v) is 3.80. The van der Waals surface area contributed by atoms with Gasteiger partial charge in [0.1, 0.15) is 0 Å². The van der Waals surface area contributed by atoms with E-state index in [1.165, 1.54) is 12.2 Å². The molecular weight excluding hydrogens is 232 g/mol. The number of carboxylic acid groups (broad SMARTS) is 2. The molecule has 0 amide bonds. The fourth-order valence-electron chi connectivity index (χ4n) is 1.54. The topological polar surface area (TPSA) is 80.3 Å². The lowest BCUT2D eigenvalue weighted by molar-refractivity contribution is -0.298. The Morgan fingerprint density at radius 2 is 1.22 bits per heavy atom. The lowest BCUT2D eigenvalue weighted by Crippen LogP contribution is -2.18. The van der Waals surface area contributed by atoms with Crippen molar-refractivity contribution in [3.8, 4) is 0 Å². The third-order valence-corrected chi connectivity index (χ3v) is 2.67. The second kappa shape index (κ2) is 5.82. The van der Waals surface area contributed by atoms with Crippen molar-refractivity contribution in [2.45, 2.75) is 13.8 Å². The van der Waals surface area contributed by atoms with Crippen LogP contribution >= 0.6 is 0 Å². The van der Waals surface area contributed by atoms with Gasteiger partial charge in [-0.2, -0.15) is 0 Å². The van der Waals surface area contributed by atoms with Crippen molar-refractivity contribution in [3.63, 3.8) is 0 Å². The quantitative estimate of drug-likeness (QED) is 0.689. The number of aliphatic carboxylic acids is 2. The van der Waals surface area contributed by atoms with Crippen LogP contribution < -0.4 is 10.2 Å². The van der Waals surface area contributed by atoms with Crippen LogP contribution in [0.2, 0.25) is 0 Å². The maximum Gasteiger partial charge on any atom is 0.0643 e. The summed E-state index contributed by atoms with van der Waals surface area (Å²) in [5.74, 6) is -2.51. The molecule has 94 valence electrons. The summed E-state index contributed by atoms with van der Waals surface area (Å²) in [5, 5.41) is 20.7. The first-order chi connectivity index (χ1) is 8.41. The number of carbonyl (C=O) groups excluding carboxylic acids is 2. The fourth-order valence-corrected chi connectivity index (χ4v) is 1.54. The average molecular weight is 244 g/mol. The summed E-state index contributed by atoms with van der Waals surface area (Å²) in [4.78, 5) is 20.7. The van der Waals surface area contributed by atoms with Crippen LogP contribution in [-0.4, -0.2) is 11.9 Å². The number of hydrogen-bond acceptors (Lipinski definition) is 4. The van der Waals surface area contributed by atoms with Gasteiger partial charge in [-0.3, -0.25) is 0 Å². The van der Waals surface area contributed by atoms with E-state index in [0.29, 0.717) is 0 Å². The van der Waals surface area contributed by atoms with Crippen molar-refractivity contribution in [2.75, 3.05) is 0 Å². The number of benzene rings is 1. The molecule has 0 saturated carbocycles. The molecule has 0 atom stereocenters. The zero-order chi connectivity index (χ0) is 13.7. The van der Waals surface area contributed by atoms with Gasteiger partial charge in [-0.1, -0.05) is 24.3 Å². The smallest absolute Gasteiger partial charge is 0.0643 e. The molecule has 0 aliphatic carbocycles. The molecule has 0 spiro atoms. The summed E-state index contributed by atoms with van der Waals surface area (Å²) in [5.41, 5.74) is 3.27. The summed E-state index contributed by atoms with van der Waals surface area (Å²) in [6, 6.07) is 3.44. The van der Waals surface area contributed by atoms with Crippen LogP contribution in [0.5, 0.6) is 0 Å². The van der Waals surface area contributed by atoms with E-state index < -0.39 is 11.9 Å². The normalized spacial score (nSPS) is 11.2. The van der Waals surface area contributed by atoms with Gasteiger partial charge in [0, 0.05) is 0 Å². The van der Waals surface area contributed by atoms with Gasteiger partial charge in [0.25, 0.3) is 0 Å². The van der Waals surface area contributed by atoms with Gasteiger partial charge in [0.15, 0.2) is 0 Å². The first-order valence-corrected chi connectivity index (χ1v) is 5.30. The van der Waals surface area contributed by atoms with Gasteiger partial charge in [-0.05, 0) is 48.3 Å². The molecule has 0 heterocycles. The molecule has 1 aromatic rings. The van der Waals surface area contributed by atoms with Gasteiger partial charge in [0.05, 0.1) is 11.9 Å². The monoisotopic (exact) mass is 244 g/mol. The molecular formula is C14H12O4-2. The van der Waals surface area contributed by atoms with Crippen molar-refractivity contribution in [1.82, 2.24) is 0 Å². The lowest BCUT2D eigenvalue weighted by atomic mass is 9.97. The minimum atomic E-state index is -1.26. The lowest BCUT2D eigenvalue weighted by Gasteiger charge is -2.09. The standard InChI is InChI=1S/C14H14O4/c1-9-10(2)12(6-8-14(17)18)4-3-11(9)5-7-13(15)16/h3-8H,1-2H3,(H,15,16)(H,17,18)/p-2/b7-5+,8-6+. The van der Waals surface area contributed by atoms with E-state index in [-0.39, 0.29) is 0 Å². The van der Waals surface area contributed by atoms with E-state index >= 15 is 0 Å². The molecule has 18 heavy (non-hydrogen) atoms. The zero-order valence-electron chi connectivity index (χ0n) is 10.1. The van der Waals surface area contributed by atoms with Gasteiger partial charge >= 0.3 is 0 Å². The van der Waals surface area contributed by atoms with E-state index in [4.69, 9.17) is 0 Å². The molecule has 4 nitrogen and oxygen atoms in total. The molecule has 0 radical (unpaired) electrons. The Kier molecular flexibility index (Phi) is 4.43. The molecule has 0 aromatic heterocycles. The molecule has 4 heteroatoms. The number of hydrogen-bond donors (Lipinski definition) is 0. The summed E-state index contributed by atoms with van der Waals surface area (Å²) in [6.07, 6.45) is 4.81. The predicted molar refractivity (Wildman–Crippen MR) is 64.0 cm³/mol. The molecule has 0 fully saturated rings. The third kappa shape index (κ3) is 3.59. The van der Waals surface area contributed by atoms with Crippen molar-refractivity contribution >= 4 is 24.1 Å². The Bertz CT molecular complexity index is 490. The highest BCUT2D eigenvalue weighted by molar-refractivity contribution is 5.85. The summed E-state index contributed by atoms with van der Waals surface area (Å²) < 4.78 is 0. The summed E-state index contributed by atoms with van der Waals surface area (Å²) in [6.45, 7) is 3.67. The van der Waals surface area contributed by atoms with Crippen LogP contribution in [0.15, 0.2) is 24.3 Å². The van der Waals surface area contributed by atoms with Gasteiger partial charge in [-0.15, -0.1) is 0 Å². The SMILES string of the molecule is Cc1c(/C=C/C(=O)[O-])ccc(/C=C/C(=O)[O-])c1C. The van der Waals surface area contributed by atoms with Crippen LogP contribution in [-0.2, 0) is 9.59 Å². The van der Waals surface area contributed by atoms with Crippen molar-refractivity contribution < 1.29 is 19.8 Å². The number of carboxylic acids is 2. The maximum atomic E-state index is 10.3.